The first-order valence-electron chi connectivity index (χ1n) is 4.34. The molecular formula is C10H14FNO. The van der Waals surface area contributed by atoms with E-state index in [9.17, 15) is 9.50 Å². The molecule has 0 saturated heterocycles. The molecule has 1 rings (SSSR count). The first-order valence-corrected chi connectivity index (χ1v) is 4.34. The summed E-state index contributed by atoms with van der Waals surface area (Å²) in [6.07, 6.45) is -0.113. The van der Waals surface area contributed by atoms with Crippen molar-refractivity contribution in [1.29, 1.82) is 0 Å². The molecule has 0 aliphatic rings. The van der Waals surface area contributed by atoms with Crippen molar-refractivity contribution in [3.05, 3.63) is 35.6 Å². The van der Waals surface area contributed by atoms with Crippen LogP contribution in [0, 0.1) is 5.82 Å². The van der Waals surface area contributed by atoms with Crippen LogP contribution in [0.3, 0.4) is 0 Å². The third-order valence-corrected chi connectivity index (χ3v) is 2.07. The molecule has 3 N–H and O–H groups in total. The second-order valence-electron chi connectivity index (χ2n) is 3.07. The van der Waals surface area contributed by atoms with Crippen molar-refractivity contribution < 1.29 is 9.50 Å². The minimum atomic E-state index is -0.777. The maximum Gasteiger partial charge on any atom is 0.123 e. The van der Waals surface area contributed by atoms with E-state index in [2.05, 4.69) is 0 Å². The van der Waals surface area contributed by atoms with Gasteiger partial charge in [-0.2, -0.15) is 0 Å². The molecular weight excluding hydrogens is 169 g/mol. The number of hydrogen-bond donors (Lipinski definition) is 2. The van der Waals surface area contributed by atoms with Crippen molar-refractivity contribution in [3.63, 3.8) is 0 Å². The highest BCUT2D eigenvalue weighted by Crippen LogP contribution is 2.17. The van der Waals surface area contributed by atoms with E-state index in [0.29, 0.717) is 12.0 Å². The summed E-state index contributed by atoms with van der Waals surface area (Å²) in [6.45, 7) is 1.88. The van der Waals surface area contributed by atoms with Crippen LogP contribution in [-0.2, 0) is 0 Å². The highest BCUT2D eigenvalue weighted by atomic mass is 19.1. The lowest BCUT2D eigenvalue weighted by Gasteiger charge is -2.17. The molecule has 3 heteroatoms. The predicted octanol–water partition coefficient (Wildman–Crippen LogP) is 1.60. The molecule has 2 nitrogen and oxygen atoms in total. The summed E-state index contributed by atoms with van der Waals surface area (Å²) in [4.78, 5) is 0. The first-order chi connectivity index (χ1) is 6.15. The van der Waals surface area contributed by atoms with Crippen LogP contribution in [0.5, 0.6) is 0 Å². The molecule has 2 unspecified atom stereocenters. The van der Waals surface area contributed by atoms with Crippen LogP contribution < -0.4 is 5.73 Å². The second kappa shape index (κ2) is 4.35. The monoisotopic (exact) mass is 183 g/mol. The number of benzene rings is 1. The lowest BCUT2D eigenvalue weighted by Crippen LogP contribution is -2.27. The Labute approximate surface area is 77.2 Å². The summed E-state index contributed by atoms with van der Waals surface area (Å²) in [6, 6.07) is 5.55. The summed E-state index contributed by atoms with van der Waals surface area (Å²) in [5.74, 6) is -0.347. The van der Waals surface area contributed by atoms with Crippen LogP contribution in [0.4, 0.5) is 4.39 Å². The van der Waals surface area contributed by atoms with Crippen LogP contribution >= 0.6 is 0 Å². The molecule has 0 aliphatic heterocycles. The molecule has 1 aromatic carbocycles. The number of rotatable bonds is 3. The predicted molar refractivity (Wildman–Crippen MR) is 49.6 cm³/mol. The largest absolute Gasteiger partial charge is 0.387 e. The van der Waals surface area contributed by atoms with Gasteiger partial charge in [0.2, 0.25) is 0 Å². The molecule has 0 aromatic heterocycles. The van der Waals surface area contributed by atoms with Crippen molar-refractivity contribution in [2.24, 2.45) is 5.73 Å². The van der Waals surface area contributed by atoms with Crippen LogP contribution in [0.15, 0.2) is 24.3 Å². The Morgan fingerprint density at radius 3 is 2.77 bits per heavy atom. The summed E-state index contributed by atoms with van der Waals surface area (Å²) < 4.78 is 12.7. The van der Waals surface area contributed by atoms with Crippen LogP contribution in [0.25, 0.3) is 0 Å². The molecule has 2 atom stereocenters. The van der Waals surface area contributed by atoms with E-state index in [0.717, 1.165) is 0 Å². The topological polar surface area (TPSA) is 46.2 Å². The molecule has 0 radical (unpaired) electrons. The molecule has 0 heterocycles. The Hall–Kier alpha value is -0.930. The zero-order valence-electron chi connectivity index (χ0n) is 7.57. The highest BCUT2D eigenvalue weighted by molar-refractivity contribution is 5.19. The van der Waals surface area contributed by atoms with Gasteiger partial charge in [0, 0.05) is 6.04 Å². The molecule has 0 spiro atoms. The maximum absolute atomic E-state index is 12.7. The number of hydrogen-bond acceptors (Lipinski definition) is 2. The zero-order chi connectivity index (χ0) is 9.84. The summed E-state index contributed by atoms with van der Waals surface area (Å²) in [5, 5.41) is 9.62. The molecule has 0 saturated carbocycles. The Morgan fingerprint density at radius 2 is 2.23 bits per heavy atom. The second-order valence-corrected chi connectivity index (χ2v) is 3.07. The smallest absolute Gasteiger partial charge is 0.123 e. The minimum absolute atomic E-state index is 0.332. The summed E-state index contributed by atoms with van der Waals surface area (Å²) in [5.41, 5.74) is 6.16. The fourth-order valence-electron chi connectivity index (χ4n) is 1.16. The maximum atomic E-state index is 12.7. The Bertz CT molecular complexity index is 277. The van der Waals surface area contributed by atoms with Crippen molar-refractivity contribution in [2.45, 2.75) is 25.5 Å². The van der Waals surface area contributed by atoms with E-state index in [1.54, 1.807) is 12.1 Å². The molecule has 0 amide bonds. The van der Waals surface area contributed by atoms with Gasteiger partial charge in [-0.1, -0.05) is 19.1 Å². The lowest BCUT2D eigenvalue weighted by molar-refractivity contribution is 0.144. The number of nitrogens with two attached hydrogens (primary N) is 1. The van der Waals surface area contributed by atoms with Crippen molar-refractivity contribution in [2.75, 3.05) is 0 Å². The normalized spacial score (nSPS) is 15.4. The Morgan fingerprint density at radius 1 is 1.54 bits per heavy atom. The van der Waals surface area contributed by atoms with E-state index in [4.69, 9.17) is 5.73 Å². The van der Waals surface area contributed by atoms with Crippen molar-refractivity contribution in [1.82, 2.24) is 0 Å². The molecule has 72 valence electrons. The molecule has 0 aliphatic carbocycles. The Kier molecular flexibility index (Phi) is 3.39. The van der Waals surface area contributed by atoms with Gasteiger partial charge in [-0.25, -0.2) is 4.39 Å². The lowest BCUT2D eigenvalue weighted by atomic mass is 10.0. The van der Waals surface area contributed by atoms with Crippen LogP contribution in [0.2, 0.25) is 0 Å². The highest BCUT2D eigenvalue weighted by Gasteiger charge is 2.14. The average Bonchev–Trinajstić information content (AvgIpc) is 2.15. The third-order valence-electron chi connectivity index (χ3n) is 2.07. The Balaban J connectivity index is 2.82. The van der Waals surface area contributed by atoms with E-state index in [1.165, 1.54) is 12.1 Å². The molecule has 0 fully saturated rings. The van der Waals surface area contributed by atoms with Gasteiger partial charge in [-0.05, 0) is 24.1 Å². The van der Waals surface area contributed by atoms with Crippen LogP contribution in [-0.4, -0.2) is 11.1 Å². The van der Waals surface area contributed by atoms with Gasteiger partial charge in [0.15, 0.2) is 0 Å². The first kappa shape index (κ1) is 10.2. The van der Waals surface area contributed by atoms with Crippen molar-refractivity contribution >= 4 is 0 Å². The van der Waals surface area contributed by atoms with E-state index in [-0.39, 0.29) is 11.9 Å². The number of halogens is 1. The fraction of sp³-hybridized carbons (Fsp3) is 0.400. The van der Waals surface area contributed by atoms with Gasteiger partial charge in [0.25, 0.3) is 0 Å². The van der Waals surface area contributed by atoms with Gasteiger partial charge >= 0.3 is 0 Å². The zero-order valence-corrected chi connectivity index (χ0v) is 7.57. The van der Waals surface area contributed by atoms with Crippen LogP contribution in [0.1, 0.15) is 25.0 Å². The molecule has 1 aromatic rings. The van der Waals surface area contributed by atoms with Gasteiger partial charge < -0.3 is 10.8 Å². The third kappa shape index (κ3) is 2.50. The standard InChI is InChI=1S/C10H14FNO/c1-2-9(12)10(13)7-4-3-5-8(11)6-7/h3-6,9-10,13H,2,12H2,1H3. The van der Waals surface area contributed by atoms with E-state index in [1.807, 2.05) is 6.92 Å². The van der Waals surface area contributed by atoms with Gasteiger partial charge in [-0.3, -0.25) is 0 Å². The minimum Gasteiger partial charge on any atom is -0.387 e. The number of aliphatic hydroxyl groups excluding tert-OH is 1. The van der Waals surface area contributed by atoms with E-state index < -0.39 is 6.10 Å². The van der Waals surface area contributed by atoms with Gasteiger partial charge in [0.05, 0.1) is 6.10 Å². The quantitative estimate of drug-likeness (QED) is 0.747. The fourth-order valence-corrected chi connectivity index (χ4v) is 1.16. The summed E-state index contributed by atoms with van der Waals surface area (Å²) >= 11 is 0. The van der Waals surface area contributed by atoms with E-state index >= 15 is 0 Å². The molecule has 0 bridgehead atoms. The number of aliphatic hydroxyl groups is 1. The van der Waals surface area contributed by atoms with Crippen molar-refractivity contribution in [3.8, 4) is 0 Å². The SMILES string of the molecule is CCC(N)C(O)c1cccc(F)c1. The van der Waals surface area contributed by atoms with Gasteiger partial charge in [-0.15, -0.1) is 0 Å². The average molecular weight is 183 g/mol. The summed E-state index contributed by atoms with van der Waals surface area (Å²) in [7, 11) is 0. The van der Waals surface area contributed by atoms with Gasteiger partial charge in [0.1, 0.15) is 5.82 Å². The molecule has 13 heavy (non-hydrogen) atoms.